The van der Waals surface area contributed by atoms with Gasteiger partial charge in [-0.2, -0.15) is 0 Å². The van der Waals surface area contributed by atoms with Crippen molar-refractivity contribution in [3.05, 3.63) is 65.2 Å². The third kappa shape index (κ3) is 3.43. The molecule has 3 rings (SSSR count). The van der Waals surface area contributed by atoms with Crippen molar-refractivity contribution in [1.29, 1.82) is 5.41 Å². The Kier molecular flexibility index (Phi) is 5.17. The Hall–Kier alpha value is -2.62. The van der Waals surface area contributed by atoms with Gasteiger partial charge in [0.05, 0.1) is 19.1 Å². The van der Waals surface area contributed by atoms with Crippen molar-refractivity contribution < 1.29 is 9.53 Å². The van der Waals surface area contributed by atoms with Crippen LogP contribution < -0.4 is 4.90 Å². The first kappa shape index (κ1) is 17.2. The standard InChI is InChI=1S/C21H24N2O2/c1-3-7-19(21(24)25-4-2)15-10-12-17(13-11-15)23-14-16-8-5-6-9-18(16)20(23)22/h5-6,8-13,19,22H,3-4,7,14H2,1-2H3. The predicted molar refractivity (Wildman–Crippen MR) is 100 cm³/mol. The molecule has 0 saturated heterocycles. The van der Waals surface area contributed by atoms with E-state index in [9.17, 15) is 4.79 Å². The topological polar surface area (TPSA) is 53.4 Å². The molecule has 0 bridgehead atoms. The van der Waals surface area contributed by atoms with Crippen LogP contribution in [0.15, 0.2) is 48.5 Å². The molecular formula is C21H24N2O2. The van der Waals surface area contributed by atoms with Crippen LogP contribution in [0.3, 0.4) is 0 Å². The normalized spacial score (nSPS) is 14.3. The lowest BCUT2D eigenvalue weighted by Gasteiger charge is -2.20. The smallest absolute Gasteiger partial charge is 0.313 e. The van der Waals surface area contributed by atoms with Crippen LogP contribution in [0.4, 0.5) is 5.69 Å². The molecule has 0 amide bonds. The fourth-order valence-corrected chi connectivity index (χ4v) is 3.34. The fourth-order valence-electron chi connectivity index (χ4n) is 3.34. The third-order valence-electron chi connectivity index (χ3n) is 4.63. The summed E-state index contributed by atoms with van der Waals surface area (Å²) in [6.45, 7) is 5.02. The molecule has 0 fully saturated rings. The summed E-state index contributed by atoms with van der Waals surface area (Å²) in [4.78, 5) is 14.2. The van der Waals surface area contributed by atoms with Crippen LogP contribution in [0.25, 0.3) is 0 Å². The molecule has 1 unspecified atom stereocenters. The lowest BCUT2D eigenvalue weighted by atomic mass is 9.94. The first-order valence-electron chi connectivity index (χ1n) is 8.86. The monoisotopic (exact) mass is 336 g/mol. The quantitative estimate of drug-likeness (QED) is 0.791. The summed E-state index contributed by atoms with van der Waals surface area (Å²) in [5.74, 6) is 0.159. The largest absolute Gasteiger partial charge is 0.466 e. The number of nitrogens with one attached hydrogen (secondary N) is 1. The summed E-state index contributed by atoms with van der Waals surface area (Å²) in [6.07, 6.45) is 1.71. The Morgan fingerprint density at radius 2 is 1.88 bits per heavy atom. The van der Waals surface area contributed by atoms with Crippen LogP contribution in [-0.2, 0) is 16.1 Å². The molecule has 2 aromatic carbocycles. The minimum Gasteiger partial charge on any atom is -0.466 e. The van der Waals surface area contributed by atoms with Crippen molar-refractivity contribution in [1.82, 2.24) is 0 Å². The second-order valence-electron chi connectivity index (χ2n) is 6.28. The molecule has 0 spiro atoms. The molecule has 1 heterocycles. The number of anilines is 1. The number of esters is 1. The van der Waals surface area contributed by atoms with Crippen LogP contribution >= 0.6 is 0 Å². The molecule has 4 nitrogen and oxygen atoms in total. The van der Waals surface area contributed by atoms with Gasteiger partial charge in [0.1, 0.15) is 5.84 Å². The minimum atomic E-state index is -0.214. The van der Waals surface area contributed by atoms with E-state index in [1.807, 2.05) is 54.3 Å². The van der Waals surface area contributed by atoms with Gasteiger partial charge in [0.15, 0.2) is 0 Å². The van der Waals surface area contributed by atoms with E-state index in [1.54, 1.807) is 0 Å². The highest BCUT2D eigenvalue weighted by Gasteiger charge is 2.26. The zero-order valence-electron chi connectivity index (χ0n) is 14.8. The number of fused-ring (bicyclic) bond motifs is 1. The van der Waals surface area contributed by atoms with Gasteiger partial charge in [-0.3, -0.25) is 10.2 Å². The highest BCUT2D eigenvalue weighted by atomic mass is 16.5. The summed E-state index contributed by atoms with van der Waals surface area (Å²) < 4.78 is 5.22. The maximum Gasteiger partial charge on any atom is 0.313 e. The average molecular weight is 336 g/mol. The van der Waals surface area contributed by atoms with Crippen molar-refractivity contribution in [3.63, 3.8) is 0 Å². The van der Waals surface area contributed by atoms with Gasteiger partial charge in [-0.1, -0.05) is 49.7 Å². The van der Waals surface area contributed by atoms with Crippen LogP contribution in [0, 0.1) is 5.41 Å². The van der Waals surface area contributed by atoms with Crippen LogP contribution in [0.5, 0.6) is 0 Å². The van der Waals surface area contributed by atoms with Gasteiger partial charge in [-0.15, -0.1) is 0 Å². The minimum absolute atomic E-state index is 0.154. The highest BCUT2D eigenvalue weighted by Crippen LogP contribution is 2.30. The van der Waals surface area contributed by atoms with E-state index >= 15 is 0 Å². The van der Waals surface area contributed by atoms with Crippen molar-refractivity contribution in [2.75, 3.05) is 11.5 Å². The molecule has 130 valence electrons. The second-order valence-corrected chi connectivity index (χ2v) is 6.28. The lowest BCUT2D eigenvalue weighted by Crippen LogP contribution is -2.23. The summed E-state index contributed by atoms with van der Waals surface area (Å²) in [5, 5.41) is 8.40. The molecule has 1 aliphatic rings. The molecule has 0 aliphatic carbocycles. The number of carbonyl (C=O) groups is 1. The Morgan fingerprint density at radius 3 is 2.52 bits per heavy atom. The Bertz CT molecular complexity index is 768. The summed E-state index contributed by atoms with van der Waals surface area (Å²) in [7, 11) is 0. The van der Waals surface area contributed by atoms with Gasteiger partial charge in [0.2, 0.25) is 0 Å². The maximum absolute atomic E-state index is 12.2. The van der Waals surface area contributed by atoms with E-state index in [-0.39, 0.29) is 11.9 Å². The summed E-state index contributed by atoms with van der Waals surface area (Å²) in [5.41, 5.74) is 4.12. The zero-order chi connectivity index (χ0) is 17.8. The van der Waals surface area contributed by atoms with Gasteiger partial charge in [-0.05, 0) is 36.6 Å². The van der Waals surface area contributed by atoms with Crippen molar-refractivity contribution in [2.45, 2.75) is 39.2 Å². The summed E-state index contributed by atoms with van der Waals surface area (Å²) >= 11 is 0. The molecule has 25 heavy (non-hydrogen) atoms. The van der Waals surface area contributed by atoms with Gasteiger partial charge in [0, 0.05) is 11.3 Å². The van der Waals surface area contributed by atoms with E-state index in [4.69, 9.17) is 10.1 Å². The molecule has 0 saturated carbocycles. The molecular weight excluding hydrogens is 312 g/mol. The molecule has 2 aromatic rings. The van der Waals surface area contributed by atoms with Crippen LogP contribution in [-0.4, -0.2) is 18.4 Å². The van der Waals surface area contributed by atoms with E-state index < -0.39 is 0 Å². The number of rotatable bonds is 6. The number of hydrogen-bond acceptors (Lipinski definition) is 3. The first-order chi connectivity index (χ1) is 12.2. The van der Waals surface area contributed by atoms with E-state index in [1.165, 1.54) is 5.56 Å². The number of amidine groups is 1. The Labute approximate surface area is 148 Å². The lowest BCUT2D eigenvalue weighted by molar-refractivity contribution is -0.145. The van der Waals surface area contributed by atoms with Gasteiger partial charge < -0.3 is 9.64 Å². The third-order valence-corrected chi connectivity index (χ3v) is 4.63. The van der Waals surface area contributed by atoms with E-state index in [2.05, 4.69) is 13.0 Å². The van der Waals surface area contributed by atoms with Crippen LogP contribution in [0.1, 0.15) is 49.3 Å². The molecule has 0 aromatic heterocycles. The second kappa shape index (κ2) is 7.51. The first-order valence-corrected chi connectivity index (χ1v) is 8.86. The maximum atomic E-state index is 12.2. The average Bonchev–Trinajstić information content (AvgIpc) is 2.97. The summed E-state index contributed by atoms with van der Waals surface area (Å²) in [6, 6.07) is 16.0. The Morgan fingerprint density at radius 1 is 1.16 bits per heavy atom. The fraction of sp³-hybridized carbons (Fsp3) is 0.333. The van der Waals surface area contributed by atoms with Crippen molar-refractivity contribution in [3.8, 4) is 0 Å². The zero-order valence-corrected chi connectivity index (χ0v) is 14.8. The number of hydrogen-bond donors (Lipinski definition) is 1. The van der Waals surface area contributed by atoms with Gasteiger partial charge >= 0.3 is 5.97 Å². The molecule has 1 aliphatic heterocycles. The van der Waals surface area contributed by atoms with Gasteiger partial charge in [0.25, 0.3) is 0 Å². The van der Waals surface area contributed by atoms with E-state index in [0.29, 0.717) is 19.0 Å². The number of ether oxygens (including phenoxy) is 1. The van der Waals surface area contributed by atoms with Crippen LogP contribution in [0.2, 0.25) is 0 Å². The highest BCUT2D eigenvalue weighted by molar-refractivity contribution is 6.11. The molecule has 1 N–H and O–H groups in total. The molecule has 0 radical (unpaired) electrons. The molecule has 4 heteroatoms. The number of nitrogens with zero attached hydrogens (tertiary/aromatic N) is 1. The SMILES string of the molecule is CCCC(C(=O)OCC)c1ccc(N2Cc3ccccc3C2=N)cc1. The van der Waals surface area contributed by atoms with Gasteiger partial charge in [-0.25, -0.2) is 0 Å². The van der Waals surface area contributed by atoms with E-state index in [0.717, 1.165) is 29.7 Å². The number of benzene rings is 2. The predicted octanol–water partition coefficient (Wildman–Crippen LogP) is 4.48. The number of carbonyl (C=O) groups excluding carboxylic acids is 1. The Balaban J connectivity index is 1.81. The van der Waals surface area contributed by atoms with Crippen molar-refractivity contribution in [2.24, 2.45) is 0 Å². The molecule has 1 atom stereocenters. The van der Waals surface area contributed by atoms with Crippen molar-refractivity contribution >= 4 is 17.5 Å².